The molecule has 0 saturated carbocycles. The lowest BCUT2D eigenvalue weighted by molar-refractivity contribution is 0.0696. The van der Waals surface area contributed by atoms with Gasteiger partial charge in [0.15, 0.2) is 0 Å². The maximum atomic E-state index is 11.9. The van der Waals surface area contributed by atoms with Crippen LogP contribution in [0.25, 0.3) is 0 Å². The van der Waals surface area contributed by atoms with Gasteiger partial charge in [-0.2, -0.15) is 0 Å². The first-order valence-corrected chi connectivity index (χ1v) is 6.47. The minimum absolute atomic E-state index is 0.0488. The molecule has 0 spiro atoms. The van der Waals surface area contributed by atoms with Gasteiger partial charge in [-0.05, 0) is 39.0 Å². The van der Waals surface area contributed by atoms with Crippen molar-refractivity contribution in [1.82, 2.24) is 4.72 Å². The van der Waals surface area contributed by atoms with Gasteiger partial charge in [0.25, 0.3) is 0 Å². The summed E-state index contributed by atoms with van der Waals surface area (Å²) in [7, 11) is -3.69. The average molecular weight is 257 g/mol. The van der Waals surface area contributed by atoms with Gasteiger partial charge in [0.2, 0.25) is 10.0 Å². The monoisotopic (exact) mass is 257 g/mol. The predicted octanol–water partition coefficient (Wildman–Crippen LogP) is 1.46. The molecular weight excluding hydrogens is 242 g/mol. The lowest BCUT2D eigenvalue weighted by atomic mass is 10.1. The Labute approximate surface area is 101 Å². The molecule has 0 heterocycles. The van der Waals surface area contributed by atoms with E-state index in [4.69, 9.17) is 5.11 Å². The van der Waals surface area contributed by atoms with Crippen molar-refractivity contribution < 1.29 is 18.3 Å². The zero-order valence-corrected chi connectivity index (χ0v) is 10.7. The van der Waals surface area contributed by atoms with Crippen LogP contribution in [0.4, 0.5) is 0 Å². The molecule has 17 heavy (non-hydrogen) atoms. The summed E-state index contributed by atoms with van der Waals surface area (Å²) in [5.41, 5.74) is -0.667. The number of rotatable bonds is 3. The van der Waals surface area contributed by atoms with Crippen LogP contribution in [-0.4, -0.2) is 25.0 Å². The van der Waals surface area contributed by atoms with Gasteiger partial charge >= 0.3 is 5.97 Å². The highest BCUT2D eigenvalue weighted by atomic mass is 32.2. The highest BCUT2D eigenvalue weighted by molar-refractivity contribution is 7.89. The van der Waals surface area contributed by atoms with Crippen LogP contribution in [0.2, 0.25) is 0 Å². The van der Waals surface area contributed by atoms with Crippen molar-refractivity contribution >= 4 is 16.0 Å². The minimum atomic E-state index is -3.69. The van der Waals surface area contributed by atoms with Crippen LogP contribution in [0.5, 0.6) is 0 Å². The summed E-state index contributed by atoms with van der Waals surface area (Å²) in [5.74, 6) is -1.15. The second-order valence-electron chi connectivity index (χ2n) is 4.69. The van der Waals surface area contributed by atoms with Crippen LogP contribution < -0.4 is 4.72 Å². The van der Waals surface area contributed by atoms with E-state index in [-0.39, 0.29) is 10.5 Å². The molecule has 0 radical (unpaired) electrons. The van der Waals surface area contributed by atoms with Gasteiger partial charge in [0.05, 0.1) is 10.5 Å². The number of carbonyl (C=O) groups is 1. The average Bonchev–Trinajstić information content (AvgIpc) is 2.14. The van der Waals surface area contributed by atoms with Gasteiger partial charge < -0.3 is 5.11 Å². The fourth-order valence-corrected chi connectivity index (χ4v) is 2.72. The first kappa shape index (κ1) is 13.7. The zero-order valence-electron chi connectivity index (χ0n) is 9.89. The van der Waals surface area contributed by atoms with Crippen molar-refractivity contribution in [2.24, 2.45) is 0 Å². The molecule has 1 aromatic rings. The van der Waals surface area contributed by atoms with E-state index in [9.17, 15) is 13.2 Å². The number of carboxylic acid groups (broad SMARTS) is 1. The largest absolute Gasteiger partial charge is 0.478 e. The van der Waals surface area contributed by atoms with E-state index in [1.807, 2.05) is 0 Å². The molecule has 1 rings (SSSR count). The van der Waals surface area contributed by atoms with E-state index >= 15 is 0 Å². The topological polar surface area (TPSA) is 83.5 Å². The standard InChI is InChI=1S/C11H15NO4S/c1-11(2,3)12-17(15,16)9-6-4-5-8(7-9)10(13)14/h4-7,12H,1-3H3,(H,13,14). The number of aromatic carboxylic acids is 1. The highest BCUT2D eigenvalue weighted by Crippen LogP contribution is 2.14. The highest BCUT2D eigenvalue weighted by Gasteiger charge is 2.22. The SMILES string of the molecule is CC(C)(C)NS(=O)(=O)c1cccc(C(=O)O)c1. The molecule has 0 unspecified atom stereocenters. The molecular formula is C11H15NO4S. The summed E-state index contributed by atoms with van der Waals surface area (Å²) in [5, 5.41) is 8.79. The van der Waals surface area contributed by atoms with E-state index in [2.05, 4.69) is 4.72 Å². The predicted molar refractivity (Wildman–Crippen MR) is 63.5 cm³/mol. The molecule has 0 aliphatic heterocycles. The minimum Gasteiger partial charge on any atom is -0.478 e. The summed E-state index contributed by atoms with van der Waals surface area (Å²) >= 11 is 0. The summed E-state index contributed by atoms with van der Waals surface area (Å²) in [6.07, 6.45) is 0. The Morgan fingerprint density at radius 3 is 2.35 bits per heavy atom. The molecule has 0 aliphatic carbocycles. The van der Waals surface area contributed by atoms with Crippen molar-refractivity contribution in [1.29, 1.82) is 0 Å². The van der Waals surface area contributed by atoms with Gasteiger partial charge in [-0.1, -0.05) is 6.07 Å². The third-order valence-electron chi connectivity index (χ3n) is 1.83. The lowest BCUT2D eigenvalue weighted by Gasteiger charge is -2.20. The zero-order chi connectivity index (χ0) is 13.3. The van der Waals surface area contributed by atoms with Gasteiger partial charge in [-0.25, -0.2) is 17.9 Å². The second-order valence-corrected chi connectivity index (χ2v) is 6.37. The summed E-state index contributed by atoms with van der Waals surface area (Å²) in [6.45, 7) is 5.14. The molecule has 0 aliphatic rings. The quantitative estimate of drug-likeness (QED) is 0.858. The Bertz CT molecular complexity index is 529. The first-order valence-electron chi connectivity index (χ1n) is 4.99. The number of hydrogen-bond donors (Lipinski definition) is 2. The number of hydrogen-bond acceptors (Lipinski definition) is 3. The van der Waals surface area contributed by atoms with Crippen molar-refractivity contribution in [2.45, 2.75) is 31.2 Å². The first-order chi connectivity index (χ1) is 7.62. The maximum absolute atomic E-state index is 11.9. The van der Waals surface area contributed by atoms with Crippen LogP contribution >= 0.6 is 0 Å². The molecule has 0 aromatic heterocycles. The Hall–Kier alpha value is -1.40. The number of sulfonamides is 1. The number of benzene rings is 1. The van der Waals surface area contributed by atoms with Gasteiger partial charge in [-0.15, -0.1) is 0 Å². The molecule has 0 saturated heterocycles. The van der Waals surface area contributed by atoms with E-state index in [0.29, 0.717) is 0 Å². The normalized spacial score (nSPS) is 12.4. The Balaban J connectivity index is 3.16. The molecule has 0 atom stereocenters. The smallest absolute Gasteiger partial charge is 0.335 e. The molecule has 6 heteroatoms. The fourth-order valence-electron chi connectivity index (χ4n) is 1.26. The lowest BCUT2D eigenvalue weighted by Crippen LogP contribution is -2.40. The third kappa shape index (κ3) is 3.83. The maximum Gasteiger partial charge on any atom is 0.335 e. The number of carboxylic acids is 1. The Kier molecular flexibility index (Phi) is 3.59. The molecule has 2 N–H and O–H groups in total. The Morgan fingerprint density at radius 2 is 1.88 bits per heavy atom. The van der Waals surface area contributed by atoms with E-state index in [1.165, 1.54) is 18.2 Å². The summed E-state index contributed by atoms with van der Waals surface area (Å²) in [4.78, 5) is 10.7. The van der Waals surface area contributed by atoms with Crippen molar-refractivity contribution in [2.75, 3.05) is 0 Å². The van der Waals surface area contributed by atoms with Crippen LogP contribution in [0.1, 0.15) is 31.1 Å². The van der Waals surface area contributed by atoms with Gasteiger partial charge in [0, 0.05) is 5.54 Å². The third-order valence-corrected chi connectivity index (χ3v) is 3.59. The van der Waals surface area contributed by atoms with Crippen molar-refractivity contribution in [3.8, 4) is 0 Å². The van der Waals surface area contributed by atoms with Gasteiger partial charge in [0.1, 0.15) is 0 Å². The molecule has 1 aromatic carbocycles. The van der Waals surface area contributed by atoms with Crippen LogP contribution in [0, 0.1) is 0 Å². The molecule has 0 amide bonds. The molecule has 0 fully saturated rings. The van der Waals surface area contributed by atoms with E-state index in [1.54, 1.807) is 20.8 Å². The van der Waals surface area contributed by atoms with Crippen LogP contribution in [0.15, 0.2) is 29.2 Å². The second kappa shape index (κ2) is 4.46. The molecule has 5 nitrogen and oxygen atoms in total. The van der Waals surface area contributed by atoms with Crippen molar-refractivity contribution in [3.05, 3.63) is 29.8 Å². The van der Waals surface area contributed by atoms with Crippen LogP contribution in [0.3, 0.4) is 0 Å². The van der Waals surface area contributed by atoms with Crippen molar-refractivity contribution in [3.63, 3.8) is 0 Å². The van der Waals surface area contributed by atoms with Crippen LogP contribution in [-0.2, 0) is 10.0 Å². The summed E-state index contributed by atoms with van der Waals surface area (Å²) < 4.78 is 26.3. The fraction of sp³-hybridized carbons (Fsp3) is 0.364. The number of nitrogens with one attached hydrogen (secondary N) is 1. The van der Waals surface area contributed by atoms with E-state index in [0.717, 1.165) is 6.07 Å². The molecule has 94 valence electrons. The molecule has 0 bridgehead atoms. The van der Waals surface area contributed by atoms with E-state index < -0.39 is 21.5 Å². The van der Waals surface area contributed by atoms with Gasteiger partial charge in [-0.3, -0.25) is 0 Å². The Morgan fingerprint density at radius 1 is 1.29 bits per heavy atom. The summed E-state index contributed by atoms with van der Waals surface area (Å²) in [6, 6.07) is 5.25.